The van der Waals surface area contributed by atoms with Crippen molar-refractivity contribution in [1.82, 2.24) is 0 Å². The topological polar surface area (TPSA) is 0 Å². The van der Waals surface area contributed by atoms with Crippen LogP contribution in [0.1, 0.15) is 41.0 Å². The third-order valence-electron chi connectivity index (χ3n) is 7.86. The minimum atomic E-state index is -2.84. The fourth-order valence-electron chi connectivity index (χ4n) is 6.42. The van der Waals surface area contributed by atoms with Gasteiger partial charge in [-0.25, -0.2) is 0 Å². The molecule has 1 atom stereocenters. The normalized spacial score (nSPS) is 27.3. The van der Waals surface area contributed by atoms with E-state index in [1.165, 1.54) is 40.7 Å². The predicted octanol–water partition coefficient (Wildman–Crippen LogP) is 0.524. The first-order valence-corrected chi connectivity index (χ1v) is 14.2. The van der Waals surface area contributed by atoms with Crippen LogP contribution >= 0.6 is 0 Å². The number of benzene rings is 1. The Morgan fingerprint density at radius 2 is 1.81 bits per heavy atom. The molecule has 1 unspecified atom stereocenters. The van der Waals surface area contributed by atoms with E-state index in [1.54, 1.807) is 11.1 Å². The van der Waals surface area contributed by atoms with Crippen molar-refractivity contribution < 1.29 is 40.1 Å². The zero-order valence-corrected chi connectivity index (χ0v) is 17.9. The van der Waals surface area contributed by atoms with E-state index in [0.717, 1.165) is 4.22 Å². The summed E-state index contributed by atoms with van der Waals surface area (Å²) in [6.45, 7) is 0. The van der Waals surface area contributed by atoms with Gasteiger partial charge in [-0.3, -0.25) is 0 Å². The molecule has 5 aliphatic rings. The minimum Gasteiger partial charge on any atom is -1.00 e. The molecule has 0 nitrogen and oxygen atoms in total. The number of allylic oxidation sites excluding steroid dienone is 9. The summed E-state index contributed by atoms with van der Waals surface area (Å²) in [7, 11) is 0. The van der Waals surface area contributed by atoms with Crippen LogP contribution in [0.2, 0.25) is 9.45 Å². The Labute approximate surface area is 169 Å². The van der Waals surface area contributed by atoms with Gasteiger partial charge in [-0.05, 0) is 0 Å². The third-order valence-corrected chi connectivity index (χ3v) is 20.5. The fourth-order valence-corrected chi connectivity index (χ4v) is 21.1. The molecule has 0 aromatic heterocycles. The van der Waals surface area contributed by atoms with Crippen LogP contribution in [0.25, 0.3) is 6.08 Å². The van der Waals surface area contributed by atoms with Crippen LogP contribution in [0.15, 0.2) is 73.5 Å². The maximum absolute atomic E-state index is 2.84. The van der Waals surface area contributed by atoms with Crippen molar-refractivity contribution in [3.8, 4) is 0 Å². The number of hydrogen-bond donors (Lipinski definition) is 0. The Morgan fingerprint density at radius 1 is 0.962 bits per heavy atom. The molecule has 1 aliphatic heterocycles. The molecule has 0 radical (unpaired) electrons. The molecular weight excluding hydrogens is 395 g/mol. The summed E-state index contributed by atoms with van der Waals surface area (Å²) < 4.78 is 7.62. The molecule has 1 aromatic rings. The number of hydrogen-bond acceptors (Lipinski definition) is 0. The van der Waals surface area contributed by atoms with Gasteiger partial charge in [0.15, 0.2) is 0 Å². The summed E-state index contributed by atoms with van der Waals surface area (Å²) in [4.78, 5) is 0. The maximum atomic E-state index is 2.61. The van der Waals surface area contributed by atoms with Gasteiger partial charge in [-0.1, -0.05) is 0 Å². The molecule has 0 amide bonds. The molecule has 26 heavy (non-hydrogen) atoms. The molecule has 133 valence electrons. The quantitative estimate of drug-likeness (QED) is 0.629. The predicted molar refractivity (Wildman–Crippen MR) is 98.6 cm³/mol. The SMILES string of the molecule is C1=CC[C]([Ti+2]2([C]3=C4CCC4=CC3)([CH]3C=Cc4ccccc43)[CH2][CH2]2)=C1.[Cl-].[Cl-]. The van der Waals surface area contributed by atoms with Crippen LogP contribution in [0, 0.1) is 0 Å². The van der Waals surface area contributed by atoms with E-state index in [-0.39, 0.29) is 24.8 Å². The molecule has 2 fully saturated rings. The molecule has 3 heteroatoms. The Bertz CT molecular complexity index is 941. The summed E-state index contributed by atoms with van der Waals surface area (Å²) in [6.07, 6.45) is 20.1. The van der Waals surface area contributed by atoms with Crippen LogP contribution in [0.5, 0.6) is 0 Å². The van der Waals surface area contributed by atoms with Gasteiger partial charge in [-0.15, -0.1) is 0 Å². The molecule has 0 bridgehead atoms. The van der Waals surface area contributed by atoms with E-state index in [2.05, 4.69) is 60.7 Å². The number of halogens is 2. The van der Waals surface area contributed by atoms with Crippen molar-refractivity contribution in [2.45, 2.75) is 39.4 Å². The largest absolute Gasteiger partial charge is 1.00 e. The van der Waals surface area contributed by atoms with Crippen molar-refractivity contribution in [1.29, 1.82) is 0 Å². The zero-order valence-electron chi connectivity index (χ0n) is 14.8. The van der Waals surface area contributed by atoms with Gasteiger partial charge in [0, 0.05) is 0 Å². The van der Waals surface area contributed by atoms with E-state index in [4.69, 9.17) is 0 Å². The molecule has 0 spiro atoms. The Balaban J connectivity index is 0.000000841. The van der Waals surface area contributed by atoms with Crippen molar-refractivity contribution in [3.05, 3.63) is 84.7 Å². The van der Waals surface area contributed by atoms with Gasteiger partial charge in [0.2, 0.25) is 0 Å². The smallest absolute Gasteiger partial charge is 1.00 e. The average Bonchev–Trinajstić information content (AvgIpc) is 3.00. The Hall–Kier alpha value is -0.786. The van der Waals surface area contributed by atoms with Gasteiger partial charge >= 0.3 is 145 Å². The van der Waals surface area contributed by atoms with Crippen molar-refractivity contribution in [2.75, 3.05) is 0 Å². The first-order valence-electron chi connectivity index (χ1n) is 9.54. The summed E-state index contributed by atoms with van der Waals surface area (Å²) in [5, 5.41) is 0. The van der Waals surface area contributed by atoms with Gasteiger partial charge in [0.25, 0.3) is 0 Å². The summed E-state index contributed by atoms with van der Waals surface area (Å²) >= 11 is -2.84. The number of fused-ring (bicyclic) bond motifs is 2. The molecule has 6 rings (SSSR count). The first-order chi connectivity index (χ1) is 11.8. The van der Waals surface area contributed by atoms with Crippen molar-refractivity contribution >= 4 is 6.08 Å². The summed E-state index contributed by atoms with van der Waals surface area (Å²) in [5.74, 6) is 0. The minimum absolute atomic E-state index is 0. The van der Waals surface area contributed by atoms with E-state index < -0.39 is 15.3 Å². The molecule has 1 saturated heterocycles. The van der Waals surface area contributed by atoms with Crippen LogP contribution < -0.4 is 24.8 Å². The standard InChI is InChI=1S/C9H7.C7H7.C5H5.C2H4.2ClH.Ti/c1-2-5-9-7-3-6-8(9)4-1;1-2-6-4-5-7(6)3-1;1-2-4-5-3-1;1-2;;;/h1-7H;2H,1,4-5H2;1-3H,4H2;1-2H2;2*1H;/q;;;;;;+2/p-2. The molecule has 1 aromatic carbocycles. The zero-order chi connectivity index (χ0) is 15.8. The van der Waals surface area contributed by atoms with Gasteiger partial charge in [0.1, 0.15) is 0 Å². The second-order valence-corrected chi connectivity index (χ2v) is 18.5. The maximum Gasteiger partial charge on any atom is -1.00 e. The van der Waals surface area contributed by atoms with E-state index >= 15 is 0 Å². The molecule has 0 N–H and O–H groups in total. The van der Waals surface area contributed by atoms with Crippen molar-refractivity contribution in [2.24, 2.45) is 0 Å². The van der Waals surface area contributed by atoms with Crippen LogP contribution in [0.4, 0.5) is 0 Å². The van der Waals surface area contributed by atoms with Crippen molar-refractivity contribution in [3.63, 3.8) is 0 Å². The first kappa shape index (κ1) is 18.6. The fraction of sp³-hybridized carbons (Fsp3) is 0.304. The van der Waals surface area contributed by atoms with Crippen LogP contribution in [-0.4, -0.2) is 0 Å². The molecule has 1 saturated carbocycles. The van der Waals surface area contributed by atoms with Gasteiger partial charge < -0.3 is 24.8 Å². The van der Waals surface area contributed by atoms with E-state index in [0.29, 0.717) is 0 Å². The Morgan fingerprint density at radius 3 is 2.46 bits per heavy atom. The Kier molecular flexibility index (Phi) is 4.36. The monoisotopic (exact) mass is 417 g/mol. The second-order valence-electron chi connectivity index (χ2n) is 8.46. The molecule has 4 aliphatic carbocycles. The molecular formula is C23H23Cl2Ti. The van der Waals surface area contributed by atoms with Gasteiger partial charge in [0.05, 0.1) is 0 Å². The summed E-state index contributed by atoms with van der Waals surface area (Å²) in [6, 6.07) is 9.20. The average molecular weight is 418 g/mol. The van der Waals surface area contributed by atoms with Crippen LogP contribution in [0.3, 0.4) is 0 Å². The second kappa shape index (κ2) is 6.11. The number of rotatable bonds is 3. The third kappa shape index (κ3) is 2.02. The van der Waals surface area contributed by atoms with E-state index in [1.807, 2.05) is 13.3 Å². The van der Waals surface area contributed by atoms with Gasteiger partial charge in [-0.2, -0.15) is 0 Å². The van der Waals surface area contributed by atoms with Crippen LogP contribution in [-0.2, 0) is 15.3 Å². The molecule has 1 heterocycles. The van der Waals surface area contributed by atoms with E-state index in [9.17, 15) is 0 Å². The summed E-state index contributed by atoms with van der Waals surface area (Å²) in [5.41, 5.74) is 6.65.